The molecule has 0 aromatic heterocycles. The van der Waals surface area contributed by atoms with Crippen molar-refractivity contribution in [1.29, 1.82) is 0 Å². The summed E-state index contributed by atoms with van der Waals surface area (Å²) in [6.45, 7) is 6.46. The summed E-state index contributed by atoms with van der Waals surface area (Å²) in [5, 5.41) is 9.07. The van der Waals surface area contributed by atoms with Gasteiger partial charge in [-0.1, -0.05) is 33.6 Å². The van der Waals surface area contributed by atoms with Gasteiger partial charge in [-0.2, -0.15) is 0 Å². The Morgan fingerprint density at radius 3 is 2.15 bits per heavy atom. The zero-order valence-electron chi connectivity index (χ0n) is 8.84. The van der Waals surface area contributed by atoms with Crippen molar-refractivity contribution in [2.24, 2.45) is 17.3 Å². The molecule has 1 N–H and O–H groups in total. The SMILES string of the molecule is CC(C)(C)[C@H]1CCCC[C@H]1C(=O)O. The molecule has 2 heteroatoms. The third-order valence-corrected chi connectivity index (χ3v) is 3.20. The van der Waals surface area contributed by atoms with E-state index in [1.807, 2.05) is 0 Å². The topological polar surface area (TPSA) is 37.3 Å². The first-order valence-electron chi connectivity index (χ1n) is 5.15. The molecule has 1 fully saturated rings. The molecule has 0 unspecified atom stereocenters. The molecule has 13 heavy (non-hydrogen) atoms. The van der Waals surface area contributed by atoms with Gasteiger partial charge in [0.1, 0.15) is 0 Å². The number of hydrogen-bond donors (Lipinski definition) is 1. The molecule has 0 aliphatic heterocycles. The number of rotatable bonds is 1. The molecule has 0 radical (unpaired) electrons. The van der Waals surface area contributed by atoms with Crippen molar-refractivity contribution in [2.75, 3.05) is 0 Å². The van der Waals surface area contributed by atoms with Crippen LogP contribution < -0.4 is 0 Å². The van der Waals surface area contributed by atoms with E-state index in [0.717, 1.165) is 19.3 Å². The lowest BCUT2D eigenvalue weighted by atomic mass is 9.66. The van der Waals surface area contributed by atoms with Crippen LogP contribution in [0.25, 0.3) is 0 Å². The van der Waals surface area contributed by atoms with Gasteiger partial charge in [0.2, 0.25) is 0 Å². The van der Waals surface area contributed by atoms with E-state index in [9.17, 15) is 4.79 Å². The van der Waals surface area contributed by atoms with Gasteiger partial charge >= 0.3 is 5.97 Å². The van der Waals surface area contributed by atoms with Crippen LogP contribution in [0.15, 0.2) is 0 Å². The molecule has 0 bridgehead atoms. The minimum absolute atomic E-state index is 0.103. The fourth-order valence-electron chi connectivity index (χ4n) is 2.46. The first kappa shape index (κ1) is 10.6. The molecule has 1 saturated carbocycles. The zero-order valence-corrected chi connectivity index (χ0v) is 8.84. The van der Waals surface area contributed by atoms with Gasteiger partial charge in [0.25, 0.3) is 0 Å². The first-order valence-corrected chi connectivity index (χ1v) is 5.15. The standard InChI is InChI=1S/C11H20O2/c1-11(2,3)9-7-5-4-6-8(9)10(12)13/h8-9H,4-7H2,1-3H3,(H,12,13)/t8-,9+/m1/s1. The van der Waals surface area contributed by atoms with Crippen molar-refractivity contribution in [3.8, 4) is 0 Å². The smallest absolute Gasteiger partial charge is 0.306 e. The zero-order chi connectivity index (χ0) is 10.1. The van der Waals surface area contributed by atoms with Crippen LogP contribution in [0.4, 0.5) is 0 Å². The molecule has 1 rings (SSSR count). The van der Waals surface area contributed by atoms with Crippen LogP contribution in [0, 0.1) is 17.3 Å². The predicted molar refractivity (Wildman–Crippen MR) is 52.5 cm³/mol. The van der Waals surface area contributed by atoms with E-state index in [-0.39, 0.29) is 11.3 Å². The lowest BCUT2D eigenvalue weighted by Crippen LogP contribution is -2.35. The van der Waals surface area contributed by atoms with E-state index in [4.69, 9.17) is 5.11 Å². The number of carbonyl (C=O) groups is 1. The van der Waals surface area contributed by atoms with E-state index in [0.29, 0.717) is 5.92 Å². The van der Waals surface area contributed by atoms with Crippen molar-refractivity contribution in [3.05, 3.63) is 0 Å². The van der Waals surface area contributed by atoms with Gasteiger partial charge in [0.05, 0.1) is 5.92 Å². The normalized spacial score (nSPS) is 30.1. The Labute approximate surface area is 80.3 Å². The molecule has 0 spiro atoms. The quantitative estimate of drug-likeness (QED) is 0.680. The van der Waals surface area contributed by atoms with Crippen LogP contribution in [0.5, 0.6) is 0 Å². The van der Waals surface area contributed by atoms with Gasteiger partial charge in [0, 0.05) is 0 Å². The monoisotopic (exact) mass is 184 g/mol. The number of hydrogen-bond acceptors (Lipinski definition) is 1. The summed E-state index contributed by atoms with van der Waals surface area (Å²) in [5.41, 5.74) is 0.142. The molecular weight excluding hydrogens is 164 g/mol. The van der Waals surface area contributed by atoms with Crippen molar-refractivity contribution in [3.63, 3.8) is 0 Å². The molecule has 2 atom stereocenters. The van der Waals surface area contributed by atoms with E-state index in [2.05, 4.69) is 20.8 Å². The van der Waals surface area contributed by atoms with Crippen LogP contribution in [0.3, 0.4) is 0 Å². The lowest BCUT2D eigenvalue weighted by molar-refractivity contribution is -0.147. The maximum Gasteiger partial charge on any atom is 0.306 e. The second kappa shape index (κ2) is 3.69. The van der Waals surface area contributed by atoms with Crippen LogP contribution in [-0.2, 0) is 4.79 Å². The molecule has 0 aromatic carbocycles. The van der Waals surface area contributed by atoms with Crippen LogP contribution in [-0.4, -0.2) is 11.1 Å². The van der Waals surface area contributed by atoms with Crippen molar-refractivity contribution < 1.29 is 9.90 Å². The van der Waals surface area contributed by atoms with E-state index >= 15 is 0 Å². The first-order chi connectivity index (χ1) is 5.93. The summed E-state index contributed by atoms with van der Waals surface area (Å²) >= 11 is 0. The van der Waals surface area contributed by atoms with E-state index < -0.39 is 5.97 Å². The molecule has 0 amide bonds. The molecular formula is C11H20O2. The van der Waals surface area contributed by atoms with Gasteiger partial charge < -0.3 is 5.11 Å². The Morgan fingerprint density at radius 1 is 1.23 bits per heavy atom. The van der Waals surface area contributed by atoms with Gasteiger partial charge in [-0.25, -0.2) is 0 Å². The van der Waals surface area contributed by atoms with Crippen molar-refractivity contribution in [1.82, 2.24) is 0 Å². The second-order valence-corrected chi connectivity index (χ2v) is 5.20. The Morgan fingerprint density at radius 2 is 1.77 bits per heavy atom. The Bertz CT molecular complexity index is 191. The summed E-state index contributed by atoms with van der Waals surface area (Å²) in [5.74, 6) is -0.341. The maximum absolute atomic E-state index is 11.0. The Kier molecular flexibility index (Phi) is 2.99. The van der Waals surface area contributed by atoms with Crippen molar-refractivity contribution in [2.45, 2.75) is 46.5 Å². The number of carboxylic acid groups (broad SMARTS) is 1. The van der Waals surface area contributed by atoms with Crippen molar-refractivity contribution >= 4 is 5.97 Å². The van der Waals surface area contributed by atoms with Crippen LogP contribution >= 0.6 is 0 Å². The average molecular weight is 184 g/mol. The summed E-state index contributed by atoms with van der Waals surface area (Å²) in [6.07, 6.45) is 4.24. The van der Waals surface area contributed by atoms with Gasteiger partial charge in [-0.3, -0.25) is 4.79 Å². The van der Waals surface area contributed by atoms with Crippen LogP contribution in [0.2, 0.25) is 0 Å². The second-order valence-electron chi connectivity index (χ2n) is 5.20. The lowest BCUT2D eigenvalue weighted by Gasteiger charge is -2.38. The highest BCUT2D eigenvalue weighted by Gasteiger charge is 2.37. The fraction of sp³-hybridized carbons (Fsp3) is 0.909. The molecule has 0 saturated heterocycles. The molecule has 1 aliphatic rings. The molecule has 0 heterocycles. The predicted octanol–water partition coefficient (Wildman–Crippen LogP) is 2.92. The summed E-state index contributed by atoms with van der Waals surface area (Å²) < 4.78 is 0. The number of aliphatic carboxylic acids is 1. The van der Waals surface area contributed by atoms with Gasteiger partial charge in [-0.15, -0.1) is 0 Å². The molecule has 2 nitrogen and oxygen atoms in total. The molecule has 1 aliphatic carbocycles. The largest absolute Gasteiger partial charge is 0.481 e. The van der Waals surface area contributed by atoms with Crippen LogP contribution in [0.1, 0.15) is 46.5 Å². The molecule has 0 aromatic rings. The van der Waals surface area contributed by atoms with E-state index in [1.165, 1.54) is 6.42 Å². The molecule has 76 valence electrons. The Hall–Kier alpha value is -0.530. The van der Waals surface area contributed by atoms with E-state index in [1.54, 1.807) is 0 Å². The Balaban J connectivity index is 2.73. The third kappa shape index (κ3) is 2.45. The highest BCUT2D eigenvalue weighted by Crippen LogP contribution is 2.41. The summed E-state index contributed by atoms with van der Waals surface area (Å²) in [7, 11) is 0. The van der Waals surface area contributed by atoms with Gasteiger partial charge in [-0.05, 0) is 24.2 Å². The summed E-state index contributed by atoms with van der Waals surface area (Å²) in [6, 6.07) is 0. The highest BCUT2D eigenvalue weighted by atomic mass is 16.4. The highest BCUT2D eigenvalue weighted by molar-refractivity contribution is 5.70. The third-order valence-electron chi connectivity index (χ3n) is 3.20. The number of carboxylic acids is 1. The average Bonchev–Trinajstić information content (AvgIpc) is 2.03. The summed E-state index contributed by atoms with van der Waals surface area (Å²) in [4.78, 5) is 11.0. The minimum Gasteiger partial charge on any atom is -0.481 e. The minimum atomic E-state index is -0.598. The maximum atomic E-state index is 11.0. The van der Waals surface area contributed by atoms with Gasteiger partial charge in [0.15, 0.2) is 0 Å². The fourth-order valence-corrected chi connectivity index (χ4v) is 2.46.